The zero-order chi connectivity index (χ0) is 23.3. The number of amidine groups is 1. The van der Waals surface area contributed by atoms with E-state index in [9.17, 15) is 18.0 Å². The maximum Gasteiger partial charge on any atom is 0.573 e. The molecular weight excluding hydrogens is 427 g/mol. The number of ether oxygens (including phenoxy) is 3. The van der Waals surface area contributed by atoms with E-state index in [2.05, 4.69) is 14.7 Å². The highest BCUT2D eigenvalue weighted by Gasteiger charge is 2.31. The Bertz CT molecular complexity index is 944. The molecule has 0 saturated heterocycles. The summed E-state index contributed by atoms with van der Waals surface area (Å²) in [5.74, 6) is 0.509. The molecule has 1 aliphatic rings. The number of nitrogens with zero attached hydrogens (tertiary/aromatic N) is 3. The minimum atomic E-state index is -4.74. The molecule has 0 bridgehead atoms. The predicted octanol–water partition coefficient (Wildman–Crippen LogP) is 4.38. The molecule has 0 aliphatic carbocycles. The number of rotatable bonds is 8. The second-order valence-corrected chi connectivity index (χ2v) is 7.19. The molecule has 32 heavy (non-hydrogen) atoms. The van der Waals surface area contributed by atoms with Gasteiger partial charge in [-0.2, -0.15) is 5.10 Å². The van der Waals surface area contributed by atoms with Crippen LogP contribution in [0.4, 0.5) is 18.9 Å². The molecule has 1 aliphatic heterocycles. The van der Waals surface area contributed by atoms with Crippen molar-refractivity contribution in [2.24, 2.45) is 5.10 Å². The van der Waals surface area contributed by atoms with Crippen LogP contribution in [0.15, 0.2) is 53.6 Å². The predicted molar refractivity (Wildman–Crippen MR) is 113 cm³/mol. The Morgan fingerprint density at radius 3 is 2.25 bits per heavy atom. The topological polar surface area (TPSA) is 63.6 Å². The first-order chi connectivity index (χ1) is 15.2. The van der Waals surface area contributed by atoms with Gasteiger partial charge in [0.25, 0.3) is 0 Å². The van der Waals surface area contributed by atoms with Crippen molar-refractivity contribution in [2.75, 3.05) is 24.9 Å². The number of hydrazone groups is 1. The van der Waals surface area contributed by atoms with Gasteiger partial charge in [0.15, 0.2) is 12.4 Å². The Labute approximate surface area is 184 Å². The zero-order valence-corrected chi connectivity index (χ0v) is 17.9. The summed E-state index contributed by atoms with van der Waals surface area (Å²) in [7, 11) is 0. The summed E-state index contributed by atoms with van der Waals surface area (Å²) in [5, 5.41) is 6.37. The van der Waals surface area contributed by atoms with Gasteiger partial charge < -0.3 is 19.1 Å². The van der Waals surface area contributed by atoms with Gasteiger partial charge >= 0.3 is 12.3 Å². The number of alkyl halides is 3. The third-order valence-electron chi connectivity index (χ3n) is 4.54. The number of carbonyl (C=O) groups excluding carboxylic acids is 1. The number of carbonyl (C=O) groups is 1. The van der Waals surface area contributed by atoms with Crippen LogP contribution in [-0.2, 0) is 9.53 Å². The molecule has 0 radical (unpaired) electrons. The van der Waals surface area contributed by atoms with Gasteiger partial charge in [-0.25, -0.2) is 9.80 Å². The van der Waals surface area contributed by atoms with Crippen LogP contribution in [-0.4, -0.2) is 49.0 Å². The van der Waals surface area contributed by atoms with E-state index in [1.165, 1.54) is 24.3 Å². The van der Waals surface area contributed by atoms with E-state index in [0.717, 1.165) is 5.56 Å². The van der Waals surface area contributed by atoms with Crippen molar-refractivity contribution in [2.45, 2.75) is 33.2 Å². The highest BCUT2D eigenvalue weighted by molar-refractivity contribution is 6.01. The second-order valence-electron chi connectivity index (χ2n) is 7.19. The van der Waals surface area contributed by atoms with Gasteiger partial charge in [0.1, 0.15) is 18.2 Å². The van der Waals surface area contributed by atoms with Crippen molar-refractivity contribution in [3.05, 3.63) is 54.1 Å². The molecule has 3 rings (SSSR count). The molecule has 0 amide bonds. The standard InChI is InChI=1S/C22H24F3N3O4/c1-4-30-20(29)13-31-18-9-5-16(6-10-18)21-26-28(14-27(21)15(2)3)17-7-11-19(12-8-17)32-22(23,24)25/h5-12,15H,4,13-14H2,1-3H3. The summed E-state index contributed by atoms with van der Waals surface area (Å²) < 4.78 is 51.3. The lowest BCUT2D eigenvalue weighted by Gasteiger charge is -2.25. The molecule has 0 unspecified atom stereocenters. The van der Waals surface area contributed by atoms with Crippen LogP contribution in [0.2, 0.25) is 0 Å². The Morgan fingerprint density at radius 1 is 1.06 bits per heavy atom. The molecule has 172 valence electrons. The highest BCUT2D eigenvalue weighted by atomic mass is 19.4. The van der Waals surface area contributed by atoms with E-state index in [1.807, 2.05) is 26.0 Å². The van der Waals surface area contributed by atoms with E-state index in [0.29, 0.717) is 30.5 Å². The molecule has 0 aromatic heterocycles. The summed E-state index contributed by atoms with van der Waals surface area (Å²) in [6, 6.07) is 12.8. The first-order valence-electron chi connectivity index (χ1n) is 10.0. The van der Waals surface area contributed by atoms with Gasteiger partial charge in [-0.05, 0) is 69.3 Å². The molecule has 0 fully saturated rings. The molecule has 2 aromatic carbocycles. The lowest BCUT2D eigenvalue weighted by Crippen LogP contribution is -2.37. The van der Waals surface area contributed by atoms with Crippen LogP contribution in [0.1, 0.15) is 26.3 Å². The Morgan fingerprint density at radius 2 is 1.69 bits per heavy atom. The van der Waals surface area contributed by atoms with Gasteiger partial charge in [-0.1, -0.05) is 0 Å². The highest BCUT2D eigenvalue weighted by Crippen LogP contribution is 2.28. The minimum absolute atomic E-state index is 0.131. The normalized spacial score (nSPS) is 13.9. The Kier molecular flexibility index (Phi) is 7.12. The van der Waals surface area contributed by atoms with E-state index >= 15 is 0 Å². The van der Waals surface area contributed by atoms with E-state index < -0.39 is 12.3 Å². The Hall–Kier alpha value is -3.43. The third-order valence-corrected chi connectivity index (χ3v) is 4.54. The average molecular weight is 451 g/mol. The van der Waals surface area contributed by atoms with Gasteiger partial charge in [-0.3, -0.25) is 0 Å². The fraction of sp³-hybridized carbons (Fsp3) is 0.364. The molecule has 0 saturated carbocycles. The number of halogens is 3. The lowest BCUT2D eigenvalue weighted by molar-refractivity contribution is -0.274. The van der Waals surface area contributed by atoms with Crippen molar-refractivity contribution >= 4 is 17.5 Å². The zero-order valence-electron chi connectivity index (χ0n) is 17.9. The summed E-state index contributed by atoms with van der Waals surface area (Å²) in [4.78, 5) is 13.5. The van der Waals surface area contributed by atoms with Crippen molar-refractivity contribution in [3.8, 4) is 11.5 Å². The molecular formula is C22H24F3N3O4. The molecule has 0 N–H and O–H groups in total. The maximum atomic E-state index is 12.4. The molecule has 7 nitrogen and oxygen atoms in total. The van der Waals surface area contributed by atoms with Crippen molar-refractivity contribution < 1.29 is 32.2 Å². The number of hydrogen-bond acceptors (Lipinski definition) is 7. The van der Waals surface area contributed by atoms with Gasteiger partial charge in [0, 0.05) is 11.6 Å². The number of anilines is 1. The molecule has 1 heterocycles. The maximum absolute atomic E-state index is 12.4. The van der Waals surface area contributed by atoms with Crippen molar-refractivity contribution in [1.82, 2.24) is 4.90 Å². The number of benzene rings is 2. The van der Waals surface area contributed by atoms with E-state index in [-0.39, 0.29) is 18.4 Å². The van der Waals surface area contributed by atoms with Crippen LogP contribution < -0.4 is 14.5 Å². The summed E-state index contributed by atoms with van der Waals surface area (Å²) in [6.07, 6.45) is -4.74. The first kappa shape index (κ1) is 23.2. The van der Waals surface area contributed by atoms with Gasteiger partial charge in [0.2, 0.25) is 0 Å². The SMILES string of the molecule is CCOC(=O)COc1ccc(C2=NN(c3ccc(OC(F)(F)F)cc3)CN2C(C)C)cc1. The summed E-state index contributed by atoms with van der Waals surface area (Å²) in [6.45, 7) is 6.33. The fourth-order valence-electron chi connectivity index (χ4n) is 3.05. The van der Waals surface area contributed by atoms with Crippen LogP contribution in [0.5, 0.6) is 11.5 Å². The fourth-order valence-corrected chi connectivity index (χ4v) is 3.05. The molecule has 0 atom stereocenters. The van der Waals surface area contributed by atoms with E-state index in [1.54, 1.807) is 24.1 Å². The molecule has 2 aromatic rings. The second kappa shape index (κ2) is 9.80. The van der Waals surface area contributed by atoms with Crippen molar-refractivity contribution in [1.29, 1.82) is 0 Å². The quantitative estimate of drug-likeness (QED) is 0.556. The Balaban J connectivity index is 1.74. The smallest absolute Gasteiger partial charge is 0.482 e. The van der Waals surface area contributed by atoms with Crippen LogP contribution in [0.25, 0.3) is 0 Å². The van der Waals surface area contributed by atoms with Crippen molar-refractivity contribution in [3.63, 3.8) is 0 Å². The summed E-state index contributed by atoms with van der Waals surface area (Å²) >= 11 is 0. The van der Waals surface area contributed by atoms with Crippen LogP contribution in [0, 0.1) is 0 Å². The number of hydrogen-bond donors (Lipinski definition) is 0. The lowest BCUT2D eigenvalue weighted by atomic mass is 10.1. The van der Waals surface area contributed by atoms with Crippen LogP contribution in [0.3, 0.4) is 0 Å². The first-order valence-corrected chi connectivity index (χ1v) is 10.0. The average Bonchev–Trinajstić information content (AvgIpc) is 3.18. The molecule has 10 heteroatoms. The van der Waals surface area contributed by atoms with Crippen LogP contribution >= 0.6 is 0 Å². The van der Waals surface area contributed by atoms with Gasteiger partial charge in [0.05, 0.1) is 12.3 Å². The minimum Gasteiger partial charge on any atom is -0.482 e. The summed E-state index contributed by atoms with van der Waals surface area (Å²) in [5.41, 5.74) is 1.47. The largest absolute Gasteiger partial charge is 0.573 e. The van der Waals surface area contributed by atoms with Gasteiger partial charge in [-0.15, -0.1) is 13.2 Å². The third kappa shape index (κ3) is 6.05. The molecule has 0 spiro atoms. The monoisotopic (exact) mass is 451 g/mol. The van der Waals surface area contributed by atoms with E-state index in [4.69, 9.17) is 9.47 Å². The number of esters is 1.